The molecule has 4 heteroatoms. The molecule has 4 aliphatic rings. The van der Waals surface area contributed by atoms with Crippen molar-refractivity contribution in [1.82, 2.24) is 4.90 Å². The van der Waals surface area contributed by atoms with Crippen molar-refractivity contribution in [2.45, 2.75) is 43.1 Å². The minimum absolute atomic E-state index is 0.00465. The van der Waals surface area contributed by atoms with E-state index in [1.54, 1.807) is 0 Å². The van der Waals surface area contributed by atoms with Crippen LogP contribution in [0.4, 0.5) is 0 Å². The van der Waals surface area contributed by atoms with Gasteiger partial charge in [0.05, 0.1) is 11.2 Å². The average Bonchev–Trinajstić information content (AvgIpc) is 2.96. The van der Waals surface area contributed by atoms with Crippen LogP contribution in [0.2, 0.25) is 0 Å². The second-order valence-electron chi connectivity index (χ2n) is 6.12. The summed E-state index contributed by atoms with van der Waals surface area (Å²) in [5.41, 5.74) is -1.44. The van der Waals surface area contributed by atoms with Crippen LogP contribution in [0.1, 0.15) is 45.4 Å². The highest BCUT2D eigenvalue weighted by atomic mass is 16.5. The minimum Gasteiger partial charge on any atom is -0.493 e. The molecule has 0 N–H and O–H groups in total. The predicted octanol–water partition coefficient (Wildman–Crippen LogP) is 1.93. The topological polar surface area (TPSA) is 38.8 Å². The molecule has 116 valence electrons. The molecule has 0 aromatic heterocycles. The summed E-state index contributed by atoms with van der Waals surface area (Å²) < 4.78 is 101. The normalized spacial score (nSPS) is 54.9. The van der Waals surface area contributed by atoms with Crippen LogP contribution in [0, 0.1) is 5.89 Å². The molecular weight excluding hydrogens is 278 g/mol. The van der Waals surface area contributed by atoms with Crippen molar-refractivity contribution in [2.75, 3.05) is 20.6 Å². The van der Waals surface area contributed by atoms with E-state index in [2.05, 4.69) is 0 Å². The van der Waals surface area contributed by atoms with E-state index in [0.29, 0.717) is 0 Å². The number of benzene rings is 1. The number of carbonyl (C=O) groups is 1. The van der Waals surface area contributed by atoms with Crippen LogP contribution in [0.25, 0.3) is 0 Å². The summed E-state index contributed by atoms with van der Waals surface area (Å²) in [6.07, 6.45) is -7.36. The van der Waals surface area contributed by atoms with Gasteiger partial charge in [0.25, 0.3) is 0 Å². The summed E-state index contributed by atoms with van der Waals surface area (Å²) in [6, 6.07) is 0.877. The maximum Gasteiger partial charge on any atom is 0.174 e. The first kappa shape index (κ1) is 6.16. The Morgan fingerprint density at radius 3 is 3.41 bits per heavy atom. The van der Waals surface area contributed by atoms with Gasteiger partial charge >= 0.3 is 0 Å². The number of rotatable bonds is 1. The van der Waals surface area contributed by atoms with Crippen LogP contribution in [-0.4, -0.2) is 43.4 Å². The lowest BCUT2D eigenvalue weighted by atomic mass is 9.52. The van der Waals surface area contributed by atoms with Gasteiger partial charge in [0, 0.05) is 34.4 Å². The molecule has 1 unspecified atom stereocenters. The molecule has 0 radical (unpaired) electrons. The molecular formula is C18H21NO3. The smallest absolute Gasteiger partial charge is 0.174 e. The van der Waals surface area contributed by atoms with Crippen LogP contribution in [0.5, 0.6) is 11.5 Å². The summed E-state index contributed by atoms with van der Waals surface area (Å²) >= 11 is 0. The third kappa shape index (κ3) is 1.27. The van der Waals surface area contributed by atoms with E-state index in [0.717, 1.165) is 4.90 Å². The van der Waals surface area contributed by atoms with Gasteiger partial charge in [0.15, 0.2) is 23.4 Å². The molecule has 22 heavy (non-hydrogen) atoms. The lowest BCUT2D eigenvalue weighted by Gasteiger charge is -2.57. The Morgan fingerprint density at radius 2 is 2.55 bits per heavy atom. The number of likely N-dealkylation sites (tertiary alicyclic amines) is 1. The highest BCUT2D eigenvalue weighted by molar-refractivity contribution is 5.89. The van der Waals surface area contributed by atoms with Gasteiger partial charge in [-0.25, -0.2) is 0 Å². The van der Waals surface area contributed by atoms with Crippen molar-refractivity contribution in [3.8, 4) is 11.5 Å². The van der Waals surface area contributed by atoms with Crippen molar-refractivity contribution in [2.24, 2.45) is 5.89 Å². The zero-order valence-electron chi connectivity index (χ0n) is 22.6. The maximum absolute atomic E-state index is 13.2. The Morgan fingerprint density at radius 1 is 1.59 bits per heavy atom. The van der Waals surface area contributed by atoms with Crippen LogP contribution >= 0.6 is 0 Å². The van der Waals surface area contributed by atoms with Gasteiger partial charge in [-0.1, -0.05) is 6.07 Å². The first-order valence-corrected chi connectivity index (χ1v) is 7.23. The average molecular weight is 310 g/mol. The van der Waals surface area contributed by atoms with E-state index in [4.69, 9.17) is 23.2 Å². The number of likely N-dealkylation sites (N-methyl/N-ethyl adjacent to an activating group) is 1. The molecule has 2 heterocycles. The second kappa shape index (κ2) is 4.05. The number of ether oxygens (including phenoxy) is 2. The molecule has 4 nitrogen and oxygen atoms in total. The molecule has 0 amide bonds. The highest BCUT2D eigenvalue weighted by Gasteiger charge is 2.65. The third-order valence-corrected chi connectivity index (χ3v) is 5.31. The minimum atomic E-state index is -2.88. The quantitative estimate of drug-likeness (QED) is 0.794. The fourth-order valence-corrected chi connectivity index (χ4v) is 4.40. The lowest BCUT2D eigenvalue weighted by molar-refractivity contribution is -0.138. The fraction of sp³-hybridized carbons (Fsp3) is 0.611. The predicted molar refractivity (Wildman–Crippen MR) is 81.6 cm³/mol. The van der Waals surface area contributed by atoms with Gasteiger partial charge in [-0.3, -0.25) is 4.79 Å². The van der Waals surface area contributed by atoms with Crippen LogP contribution in [-0.2, 0) is 16.6 Å². The van der Waals surface area contributed by atoms with Gasteiger partial charge < -0.3 is 14.4 Å². The van der Waals surface area contributed by atoms with Crippen LogP contribution in [0.15, 0.2) is 12.1 Å². The zero-order valence-corrected chi connectivity index (χ0v) is 11.6. The van der Waals surface area contributed by atoms with E-state index in [1.807, 2.05) is 0 Å². The van der Waals surface area contributed by atoms with Crippen LogP contribution < -0.4 is 9.47 Å². The summed E-state index contributed by atoms with van der Waals surface area (Å²) in [5.74, 6) is -3.49. The summed E-state index contributed by atoms with van der Waals surface area (Å²) in [7, 11) is -2.88. The molecule has 2 aliphatic carbocycles. The molecule has 1 aromatic carbocycles. The number of piperidine rings is 1. The molecule has 5 rings (SSSR count). The van der Waals surface area contributed by atoms with E-state index >= 15 is 0 Å². The second-order valence-corrected chi connectivity index (χ2v) is 6.12. The van der Waals surface area contributed by atoms with E-state index in [1.165, 1.54) is 12.1 Å². The van der Waals surface area contributed by atoms with E-state index < -0.39 is 62.4 Å². The van der Waals surface area contributed by atoms with Crippen molar-refractivity contribution in [3.05, 3.63) is 23.3 Å². The summed E-state index contributed by atoms with van der Waals surface area (Å²) in [4.78, 5) is 14.1. The third-order valence-electron chi connectivity index (χ3n) is 5.31. The number of hydrogen-bond donors (Lipinski definition) is 0. The number of ketones is 1. The molecule has 1 spiro atoms. The van der Waals surface area contributed by atoms with Crippen molar-refractivity contribution in [1.29, 1.82) is 0 Å². The molecule has 1 saturated carbocycles. The Kier molecular flexibility index (Phi) is 1.13. The van der Waals surface area contributed by atoms with Crippen molar-refractivity contribution >= 4 is 5.78 Å². The number of hydrogen-bond acceptors (Lipinski definition) is 4. The number of Topliss-reactive ketones (excluding diaryl/α,β-unsaturated/α-hetero) is 1. The largest absolute Gasteiger partial charge is 0.493 e. The molecule has 2 fully saturated rings. The maximum atomic E-state index is 13.2. The molecule has 1 saturated heterocycles. The Balaban J connectivity index is 1.86. The zero-order chi connectivity index (χ0) is 24.6. The Hall–Kier alpha value is -1.55. The monoisotopic (exact) mass is 310 g/mol. The number of methoxy groups -OCH3 is 1. The van der Waals surface area contributed by atoms with Gasteiger partial charge in [-0.15, -0.1) is 0 Å². The van der Waals surface area contributed by atoms with Crippen molar-refractivity contribution < 1.29 is 29.3 Å². The van der Waals surface area contributed by atoms with Crippen LogP contribution in [0.3, 0.4) is 0 Å². The van der Waals surface area contributed by atoms with Gasteiger partial charge in [-0.05, 0) is 50.3 Å². The Labute approximate surface area is 145 Å². The van der Waals surface area contributed by atoms with E-state index in [-0.39, 0.29) is 35.6 Å². The molecule has 4 atom stereocenters. The first-order valence-electron chi connectivity index (χ1n) is 12.7. The molecule has 1 aromatic rings. The van der Waals surface area contributed by atoms with Gasteiger partial charge in [-0.2, -0.15) is 0 Å². The van der Waals surface area contributed by atoms with Gasteiger partial charge in [0.2, 0.25) is 0 Å². The standard InChI is InChI=1S/C18H21NO3/c1-19-8-7-18-11-4-5-13(20)17(18)22-16-14(21-2)6-3-10(15(16)18)9-12(11)19/h3,6,11-12,17H,4-5,7-9H2,1-2H3/t11-,12+,17?,18-/m0/s1/i1D3,2D3,5D2,9D2,11D. The summed E-state index contributed by atoms with van der Waals surface area (Å²) in [5, 5.41) is 0. The fourth-order valence-electron chi connectivity index (χ4n) is 4.40. The SMILES string of the molecule is [2H]C([2H])([2H])Oc1ccc2c3c1OC1C(=O)C([2H])([2H])C[C@@]4([2H])[C@H](N(C([2H])([2H])[2H])CC[C@]314)C2([2H])[2H]. The van der Waals surface area contributed by atoms with E-state index in [9.17, 15) is 6.17 Å². The molecule has 2 bridgehead atoms. The Bertz CT molecular complexity index is 1070. The lowest BCUT2D eigenvalue weighted by Crippen LogP contribution is -2.65. The summed E-state index contributed by atoms with van der Waals surface area (Å²) in [6.45, 7) is -2.94. The highest BCUT2D eigenvalue weighted by Crippen LogP contribution is 2.62. The number of nitrogens with zero attached hydrogens (tertiary/aromatic N) is 1. The first-order chi connectivity index (χ1) is 14.9. The van der Waals surface area contributed by atoms with Gasteiger partial charge in [0.1, 0.15) is 0 Å². The van der Waals surface area contributed by atoms with Crippen molar-refractivity contribution in [3.63, 3.8) is 0 Å². The molecule has 2 aliphatic heterocycles. The number of carbonyl (C=O) groups excluding carboxylic acids is 1.